The van der Waals surface area contributed by atoms with Gasteiger partial charge in [-0.25, -0.2) is 0 Å². The van der Waals surface area contributed by atoms with Crippen LogP contribution in [0.25, 0.3) is 22.3 Å². The molecule has 138 valence electrons. The molecule has 0 radical (unpaired) electrons. The second kappa shape index (κ2) is 7.86. The van der Waals surface area contributed by atoms with E-state index in [1.807, 2.05) is 18.2 Å². The molecule has 1 aliphatic rings. The van der Waals surface area contributed by atoms with Crippen molar-refractivity contribution in [3.05, 3.63) is 119 Å². The fourth-order valence-electron chi connectivity index (χ4n) is 4.01. The van der Waals surface area contributed by atoms with Crippen LogP contribution in [0.4, 0.5) is 0 Å². The maximum atomic E-state index is 2.39. The van der Waals surface area contributed by atoms with Crippen molar-refractivity contribution < 1.29 is 0 Å². The Kier molecular flexibility index (Phi) is 5.12. The number of hydrogen-bond donors (Lipinski definition) is 0. The minimum Gasteiger partial charge on any atom is -0.0622 e. The number of rotatable bonds is 1. The summed E-state index contributed by atoms with van der Waals surface area (Å²) in [7, 11) is 0. The van der Waals surface area contributed by atoms with Crippen molar-refractivity contribution >= 4 is 0 Å². The average Bonchev–Trinajstić information content (AvgIpc) is 3.06. The van der Waals surface area contributed by atoms with Crippen LogP contribution >= 0.6 is 0 Å². The first kappa shape index (κ1) is 18.3. The Morgan fingerprint density at radius 1 is 0.464 bits per heavy atom. The molecule has 0 aliphatic heterocycles. The summed E-state index contributed by atoms with van der Waals surface area (Å²) in [6.45, 7) is 6.50. The largest absolute Gasteiger partial charge is 0.0622 e. The van der Waals surface area contributed by atoms with Crippen LogP contribution in [0.3, 0.4) is 0 Å². The third-order valence-electron chi connectivity index (χ3n) is 5.51. The molecule has 0 N–H and O–H groups in total. The van der Waals surface area contributed by atoms with Gasteiger partial charge in [0, 0.05) is 0 Å². The van der Waals surface area contributed by atoms with E-state index in [1.54, 1.807) is 0 Å². The van der Waals surface area contributed by atoms with Crippen LogP contribution < -0.4 is 0 Å². The van der Waals surface area contributed by atoms with Gasteiger partial charge in [-0.15, -0.1) is 0 Å². The van der Waals surface area contributed by atoms with Crippen LogP contribution in [0.1, 0.15) is 27.8 Å². The molecule has 0 aromatic heterocycles. The summed E-state index contributed by atoms with van der Waals surface area (Å²) in [4.78, 5) is 0. The molecule has 0 saturated heterocycles. The van der Waals surface area contributed by atoms with E-state index in [9.17, 15) is 0 Å². The molecule has 4 aromatic rings. The molecule has 1 aliphatic carbocycles. The highest BCUT2D eigenvalue weighted by atomic mass is 14.2. The Balaban J connectivity index is 0.000000233. The number of aryl methyl sites for hydroxylation is 3. The maximum Gasteiger partial charge on any atom is -0.00133 e. The van der Waals surface area contributed by atoms with Gasteiger partial charge in [-0.05, 0) is 77.8 Å². The first-order chi connectivity index (χ1) is 13.6. The summed E-state index contributed by atoms with van der Waals surface area (Å²) in [6, 6.07) is 32.4. The molecule has 5 rings (SSSR count). The molecule has 0 heterocycles. The zero-order chi connectivity index (χ0) is 19.5. The normalized spacial score (nSPS) is 11.2. The smallest absolute Gasteiger partial charge is 0.00133 e. The van der Waals surface area contributed by atoms with Gasteiger partial charge in [0.25, 0.3) is 0 Å². The van der Waals surface area contributed by atoms with Crippen molar-refractivity contribution in [2.75, 3.05) is 0 Å². The molecule has 0 heteroatoms. The van der Waals surface area contributed by atoms with E-state index < -0.39 is 0 Å². The highest BCUT2D eigenvalue weighted by molar-refractivity contribution is 5.83. The molecule has 28 heavy (non-hydrogen) atoms. The van der Waals surface area contributed by atoms with Gasteiger partial charge in [0.05, 0.1) is 0 Å². The molecule has 0 atom stereocenters. The van der Waals surface area contributed by atoms with Crippen LogP contribution in [-0.4, -0.2) is 0 Å². The molecule has 0 fully saturated rings. The lowest BCUT2D eigenvalue weighted by molar-refractivity contribution is 1.25. The molecule has 0 unspecified atom stereocenters. The molecule has 4 aromatic carbocycles. The van der Waals surface area contributed by atoms with Gasteiger partial charge in [0.2, 0.25) is 0 Å². The third-order valence-corrected chi connectivity index (χ3v) is 5.51. The molecule has 0 nitrogen and oxygen atoms in total. The van der Waals surface area contributed by atoms with Crippen LogP contribution in [0.2, 0.25) is 0 Å². The first-order valence-corrected chi connectivity index (χ1v) is 9.93. The predicted octanol–water partition coefficient (Wildman–Crippen LogP) is 7.54. The summed E-state index contributed by atoms with van der Waals surface area (Å²) in [5, 5.41) is 0. The summed E-state index contributed by atoms with van der Waals surface area (Å²) in [5.41, 5.74) is 12.5. The van der Waals surface area contributed by atoms with Crippen molar-refractivity contribution in [3.63, 3.8) is 0 Å². The highest BCUT2D eigenvalue weighted by Crippen LogP contribution is 2.40. The van der Waals surface area contributed by atoms with E-state index in [0.29, 0.717) is 0 Å². The lowest BCUT2D eigenvalue weighted by Gasteiger charge is -2.12. The molecular weight excluding hydrogens is 336 g/mol. The quantitative estimate of drug-likeness (QED) is 0.289. The topological polar surface area (TPSA) is 0 Å². The molecule has 0 spiro atoms. The van der Waals surface area contributed by atoms with Crippen LogP contribution in [0.15, 0.2) is 91.0 Å². The summed E-state index contributed by atoms with van der Waals surface area (Å²) in [6.07, 6.45) is 1.07. The Hall–Kier alpha value is -3.12. The Morgan fingerprint density at radius 3 is 1.79 bits per heavy atom. The second-order valence-corrected chi connectivity index (χ2v) is 7.63. The van der Waals surface area contributed by atoms with Crippen molar-refractivity contribution in [1.29, 1.82) is 0 Å². The van der Waals surface area contributed by atoms with Gasteiger partial charge in [0.1, 0.15) is 0 Å². The van der Waals surface area contributed by atoms with Crippen LogP contribution in [0, 0.1) is 20.8 Å². The SMILES string of the molecule is Cc1ccccc1.Cc1ccccc1-c1cc2c(cc1C)Cc1ccccc1-2. The molecular formula is C28H26. The van der Waals surface area contributed by atoms with Crippen molar-refractivity contribution in [2.24, 2.45) is 0 Å². The van der Waals surface area contributed by atoms with E-state index in [0.717, 1.165) is 6.42 Å². The summed E-state index contributed by atoms with van der Waals surface area (Å²) < 4.78 is 0. The van der Waals surface area contributed by atoms with Gasteiger partial charge < -0.3 is 0 Å². The minimum atomic E-state index is 1.07. The molecule has 0 saturated carbocycles. The van der Waals surface area contributed by atoms with Crippen molar-refractivity contribution in [2.45, 2.75) is 27.2 Å². The fourth-order valence-corrected chi connectivity index (χ4v) is 4.01. The third kappa shape index (κ3) is 3.64. The van der Waals surface area contributed by atoms with E-state index in [2.05, 4.69) is 93.6 Å². The van der Waals surface area contributed by atoms with Crippen molar-refractivity contribution in [1.82, 2.24) is 0 Å². The maximum absolute atomic E-state index is 2.39. The Morgan fingerprint density at radius 2 is 1.11 bits per heavy atom. The molecule has 0 bridgehead atoms. The van der Waals surface area contributed by atoms with Gasteiger partial charge in [-0.2, -0.15) is 0 Å². The second-order valence-electron chi connectivity index (χ2n) is 7.63. The first-order valence-electron chi connectivity index (χ1n) is 9.93. The fraction of sp³-hybridized carbons (Fsp3) is 0.143. The van der Waals surface area contributed by atoms with E-state index in [-0.39, 0.29) is 0 Å². The Labute approximate surface area is 168 Å². The monoisotopic (exact) mass is 362 g/mol. The number of benzene rings is 4. The lowest BCUT2D eigenvalue weighted by atomic mass is 9.92. The van der Waals surface area contributed by atoms with Gasteiger partial charge in [0.15, 0.2) is 0 Å². The summed E-state index contributed by atoms with van der Waals surface area (Å²) >= 11 is 0. The van der Waals surface area contributed by atoms with Crippen LogP contribution in [-0.2, 0) is 6.42 Å². The molecule has 0 amide bonds. The van der Waals surface area contributed by atoms with Crippen molar-refractivity contribution in [3.8, 4) is 22.3 Å². The summed E-state index contributed by atoms with van der Waals surface area (Å²) in [5.74, 6) is 0. The Bertz CT molecular complexity index is 1100. The zero-order valence-electron chi connectivity index (χ0n) is 16.9. The van der Waals surface area contributed by atoms with E-state index in [1.165, 1.54) is 50.1 Å². The van der Waals surface area contributed by atoms with Gasteiger partial charge in [-0.1, -0.05) is 90.5 Å². The van der Waals surface area contributed by atoms with Crippen LogP contribution in [0.5, 0.6) is 0 Å². The minimum absolute atomic E-state index is 1.07. The number of fused-ring (bicyclic) bond motifs is 3. The van der Waals surface area contributed by atoms with E-state index in [4.69, 9.17) is 0 Å². The highest BCUT2D eigenvalue weighted by Gasteiger charge is 2.19. The number of hydrogen-bond acceptors (Lipinski definition) is 0. The van der Waals surface area contributed by atoms with Gasteiger partial charge >= 0.3 is 0 Å². The van der Waals surface area contributed by atoms with Gasteiger partial charge in [-0.3, -0.25) is 0 Å². The lowest BCUT2D eigenvalue weighted by Crippen LogP contribution is -1.90. The average molecular weight is 363 g/mol. The predicted molar refractivity (Wildman–Crippen MR) is 121 cm³/mol. The standard InChI is InChI=1S/C21H18.C7H8/c1-14-7-3-5-9-18(14)20-13-21-17(11-15(20)2)12-16-8-4-6-10-19(16)21;1-7-5-3-2-4-6-7/h3-11,13H,12H2,1-2H3;2-6H,1H3. The van der Waals surface area contributed by atoms with E-state index >= 15 is 0 Å². The zero-order valence-corrected chi connectivity index (χ0v) is 16.9.